The molecule has 0 unspecified atom stereocenters. The van der Waals surface area contributed by atoms with Crippen LogP contribution in [0.15, 0.2) is 12.1 Å². The Labute approximate surface area is 124 Å². The van der Waals surface area contributed by atoms with E-state index in [9.17, 15) is 0 Å². The van der Waals surface area contributed by atoms with Crippen molar-refractivity contribution in [3.63, 3.8) is 0 Å². The van der Waals surface area contributed by atoms with E-state index >= 15 is 0 Å². The number of aromatic nitrogens is 2. The average Bonchev–Trinajstić information content (AvgIpc) is 2.60. The molecule has 0 amide bonds. The molecule has 0 fully saturated rings. The molecule has 0 aliphatic carbocycles. The molecule has 1 aromatic heterocycles. The fourth-order valence-corrected chi connectivity index (χ4v) is 2.57. The van der Waals surface area contributed by atoms with Crippen LogP contribution in [0.2, 0.25) is 5.02 Å². The van der Waals surface area contributed by atoms with Crippen LogP contribution in [0.3, 0.4) is 0 Å². The van der Waals surface area contributed by atoms with Crippen molar-refractivity contribution in [2.45, 2.75) is 33.6 Å². The third-order valence-corrected chi connectivity index (χ3v) is 3.45. The van der Waals surface area contributed by atoms with Gasteiger partial charge in [-0.2, -0.15) is 5.10 Å². The number of nitrogens with two attached hydrogens (primary N) is 1. The first-order valence-corrected chi connectivity index (χ1v) is 6.96. The number of rotatable bonds is 3. The normalized spacial score (nSPS) is 11.2. The molecule has 2 N–H and O–H groups in total. The second kappa shape index (κ2) is 5.37. The molecular weight excluding hydrogens is 274 g/mol. The highest BCUT2D eigenvalue weighted by Gasteiger charge is 2.19. The van der Waals surface area contributed by atoms with E-state index in [1.807, 2.05) is 33.0 Å². The van der Waals surface area contributed by atoms with Gasteiger partial charge in [-0.1, -0.05) is 25.4 Å². The minimum absolute atomic E-state index is 0.256. The molecule has 0 spiro atoms. The molecule has 2 rings (SSSR count). The minimum Gasteiger partial charge on any atom is -0.437 e. The summed E-state index contributed by atoms with van der Waals surface area (Å²) in [4.78, 5) is 0. The molecule has 4 nitrogen and oxygen atoms in total. The topological polar surface area (TPSA) is 53.1 Å². The lowest BCUT2D eigenvalue weighted by molar-refractivity contribution is 0.427. The van der Waals surface area contributed by atoms with Crippen LogP contribution in [0.25, 0.3) is 0 Å². The Balaban J connectivity index is 2.46. The number of hydrogen-bond acceptors (Lipinski definition) is 3. The minimum atomic E-state index is 0.256. The summed E-state index contributed by atoms with van der Waals surface area (Å²) < 4.78 is 7.68. The summed E-state index contributed by atoms with van der Waals surface area (Å²) in [5.41, 5.74) is 9.54. The maximum absolute atomic E-state index is 6.15. The Morgan fingerprint density at radius 3 is 2.25 bits per heavy atom. The number of anilines is 1. The van der Waals surface area contributed by atoms with E-state index in [0.29, 0.717) is 16.6 Å². The Hall–Kier alpha value is -1.68. The fourth-order valence-electron chi connectivity index (χ4n) is 2.25. The molecule has 0 aliphatic rings. The molecule has 0 bridgehead atoms. The number of ether oxygens (including phenoxy) is 1. The zero-order valence-corrected chi connectivity index (χ0v) is 13.2. The van der Waals surface area contributed by atoms with Crippen LogP contribution in [0.1, 0.15) is 36.6 Å². The molecule has 20 heavy (non-hydrogen) atoms. The highest BCUT2D eigenvalue weighted by atomic mass is 35.5. The van der Waals surface area contributed by atoms with E-state index < -0.39 is 0 Å². The van der Waals surface area contributed by atoms with Crippen LogP contribution in [0.4, 0.5) is 5.69 Å². The van der Waals surface area contributed by atoms with Gasteiger partial charge in [-0.15, -0.1) is 0 Å². The number of nitrogens with zero attached hydrogens (tertiary/aromatic N) is 2. The smallest absolute Gasteiger partial charge is 0.241 e. The van der Waals surface area contributed by atoms with Gasteiger partial charge in [0.1, 0.15) is 11.4 Å². The van der Waals surface area contributed by atoms with Gasteiger partial charge in [0.15, 0.2) is 0 Å². The first kappa shape index (κ1) is 14.7. The summed E-state index contributed by atoms with van der Waals surface area (Å²) in [5.74, 6) is 1.60. The summed E-state index contributed by atoms with van der Waals surface area (Å²) in [7, 11) is 1.83. The molecule has 0 aliphatic heterocycles. The number of aryl methyl sites for hydroxylation is 3. The molecule has 0 atom stereocenters. The molecule has 2 aromatic rings. The summed E-state index contributed by atoms with van der Waals surface area (Å²) in [6.07, 6.45) is 0. The lowest BCUT2D eigenvalue weighted by Crippen LogP contribution is -1.99. The Morgan fingerprint density at radius 1 is 1.25 bits per heavy atom. The molecular formula is C15H20ClN3O. The largest absolute Gasteiger partial charge is 0.437 e. The fraction of sp³-hybridized carbons (Fsp3) is 0.400. The second-order valence-electron chi connectivity index (χ2n) is 5.35. The molecule has 5 heteroatoms. The zero-order chi connectivity index (χ0) is 15.0. The van der Waals surface area contributed by atoms with Gasteiger partial charge >= 0.3 is 0 Å². The van der Waals surface area contributed by atoms with Crippen LogP contribution in [0, 0.1) is 13.8 Å². The predicted octanol–water partition coefficient (Wildman–Crippen LogP) is 4.19. The summed E-state index contributed by atoms with van der Waals surface area (Å²) in [5, 5.41) is 5.13. The molecule has 108 valence electrons. The SMILES string of the molecule is Cc1cc(Cl)cc(C)c1Oc1c(N)c(C(C)C)nn1C. The van der Waals surface area contributed by atoms with Crippen molar-refractivity contribution in [1.82, 2.24) is 9.78 Å². The Kier molecular flexibility index (Phi) is 3.95. The van der Waals surface area contributed by atoms with Gasteiger partial charge in [0.05, 0.1) is 5.69 Å². The zero-order valence-electron chi connectivity index (χ0n) is 12.5. The molecule has 1 heterocycles. The van der Waals surface area contributed by atoms with Gasteiger partial charge in [-0.05, 0) is 43.0 Å². The molecule has 1 aromatic carbocycles. The Morgan fingerprint density at radius 2 is 1.80 bits per heavy atom. The molecule has 0 radical (unpaired) electrons. The van der Waals surface area contributed by atoms with E-state index in [1.165, 1.54) is 0 Å². The van der Waals surface area contributed by atoms with E-state index in [4.69, 9.17) is 22.1 Å². The van der Waals surface area contributed by atoms with Crippen molar-refractivity contribution in [3.8, 4) is 11.6 Å². The summed E-state index contributed by atoms with van der Waals surface area (Å²) in [6.45, 7) is 8.04. The van der Waals surface area contributed by atoms with Crippen molar-refractivity contribution in [1.29, 1.82) is 0 Å². The highest BCUT2D eigenvalue weighted by Crippen LogP contribution is 2.36. The van der Waals surface area contributed by atoms with Gasteiger partial charge < -0.3 is 10.5 Å². The number of nitrogen functional groups attached to an aromatic ring is 1. The van der Waals surface area contributed by atoms with Gasteiger partial charge in [0.25, 0.3) is 0 Å². The van der Waals surface area contributed by atoms with Crippen molar-refractivity contribution >= 4 is 17.3 Å². The van der Waals surface area contributed by atoms with Crippen molar-refractivity contribution in [2.75, 3.05) is 5.73 Å². The van der Waals surface area contributed by atoms with Crippen molar-refractivity contribution in [2.24, 2.45) is 7.05 Å². The average molecular weight is 294 g/mol. The quantitative estimate of drug-likeness (QED) is 0.923. The van der Waals surface area contributed by atoms with Gasteiger partial charge in [-0.25, -0.2) is 4.68 Å². The maximum Gasteiger partial charge on any atom is 0.241 e. The lowest BCUT2D eigenvalue weighted by Gasteiger charge is -2.12. The van der Waals surface area contributed by atoms with Crippen LogP contribution in [0.5, 0.6) is 11.6 Å². The van der Waals surface area contributed by atoms with E-state index in [-0.39, 0.29) is 5.92 Å². The number of benzene rings is 1. The highest BCUT2D eigenvalue weighted by molar-refractivity contribution is 6.30. The van der Waals surface area contributed by atoms with E-state index in [0.717, 1.165) is 22.6 Å². The molecule has 0 saturated heterocycles. The van der Waals surface area contributed by atoms with Gasteiger partial charge in [-0.3, -0.25) is 0 Å². The van der Waals surface area contributed by atoms with Gasteiger partial charge in [0, 0.05) is 12.1 Å². The maximum atomic E-state index is 6.15. The first-order chi connectivity index (χ1) is 9.31. The third-order valence-electron chi connectivity index (χ3n) is 3.23. The van der Waals surface area contributed by atoms with E-state index in [1.54, 1.807) is 4.68 Å². The summed E-state index contributed by atoms with van der Waals surface area (Å²) in [6, 6.07) is 3.75. The third kappa shape index (κ3) is 2.61. The summed E-state index contributed by atoms with van der Waals surface area (Å²) >= 11 is 6.04. The van der Waals surface area contributed by atoms with Crippen LogP contribution >= 0.6 is 11.6 Å². The van der Waals surface area contributed by atoms with Gasteiger partial charge in [0.2, 0.25) is 5.88 Å². The van der Waals surface area contributed by atoms with Crippen LogP contribution in [-0.4, -0.2) is 9.78 Å². The van der Waals surface area contributed by atoms with Crippen LogP contribution < -0.4 is 10.5 Å². The monoisotopic (exact) mass is 293 g/mol. The lowest BCUT2D eigenvalue weighted by atomic mass is 10.1. The number of halogens is 1. The first-order valence-electron chi connectivity index (χ1n) is 6.58. The predicted molar refractivity (Wildman–Crippen MR) is 82.7 cm³/mol. The Bertz CT molecular complexity index is 624. The number of hydrogen-bond donors (Lipinski definition) is 1. The standard InChI is InChI=1S/C15H20ClN3O/c1-8(2)13-12(17)15(19(5)18-13)20-14-9(3)6-11(16)7-10(14)4/h6-8H,17H2,1-5H3. The molecule has 0 saturated carbocycles. The van der Waals surface area contributed by atoms with Crippen molar-refractivity contribution in [3.05, 3.63) is 34.0 Å². The second-order valence-corrected chi connectivity index (χ2v) is 5.79. The van der Waals surface area contributed by atoms with Crippen LogP contribution in [-0.2, 0) is 7.05 Å². The van der Waals surface area contributed by atoms with E-state index in [2.05, 4.69) is 18.9 Å². The van der Waals surface area contributed by atoms with Crippen molar-refractivity contribution < 1.29 is 4.74 Å².